The van der Waals surface area contributed by atoms with E-state index < -0.39 is 20.6 Å². The average molecular weight is 266 g/mol. The molecule has 0 aliphatic rings. The van der Waals surface area contributed by atoms with E-state index in [1.165, 1.54) is 7.05 Å². The molecular weight excluding hydrogens is 258 g/mol. The lowest BCUT2D eigenvalue weighted by molar-refractivity contribution is -0.384. The fraction of sp³-hybridized carbons (Fsp3) is 0.143. The van der Waals surface area contributed by atoms with Crippen LogP contribution in [0.2, 0.25) is 5.02 Å². The number of nitrogens with two attached hydrogens (primary N) is 1. The Morgan fingerprint density at radius 3 is 2.50 bits per heavy atom. The summed E-state index contributed by atoms with van der Waals surface area (Å²) in [6.45, 7) is 0. The van der Waals surface area contributed by atoms with Crippen LogP contribution in [0, 0.1) is 10.1 Å². The molecule has 0 aliphatic heterocycles. The zero-order valence-corrected chi connectivity index (χ0v) is 9.67. The largest absolute Gasteiger partial charge is 0.397 e. The monoisotopic (exact) mass is 265 g/mol. The summed E-state index contributed by atoms with van der Waals surface area (Å²) in [4.78, 5) is 9.48. The number of anilines is 1. The van der Waals surface area contributed by atoms with E-state index in [1.807, 2.05) is 4.72 Å². The van der Waals surface area contributed by atoms with Crippen molar-refractivity contribution in [1.29, 1.82) is 0 Å². The van der Waals surface area contributed by atoms with Crippen molar-refractivity contribution >= 4 is 33.0 Å². The van der Waals surface area contributed by atoms with E-state index in [0.29, 0.717) is 0 Å². The third-order valence-electron chi connectivity index (χ3n) is 1.83. The zero-order chi connectivity index (χ0) is 12.5. The van der Waals surface area contributed by atoms with Crippen molar-refractivity contribution in [2.75, 3.05) is 12.8 Å². The van der Waals surface area contributed by atoms with Crippen LogP contribution in [0.4, 0.5) is 11.4 Å². The fourth-order valence-electron chi connectivity index (χ4n) is 1.04. The van der Waals surface area contributed by atoms with Gasteiger partial charge in [-0.3, -0.25) is 10.1 Å². The first kappa shape index (κ1) is 12.7. The second-order valence-corrected chi connectivity index (χ2v) is 5.07. The number of nitro benzene ring substituents is 1. The predicted octanol–water partition coefficient (Wildman–Crippen LogP) is 0.738. The number of sulfonamides is 1. The highest BCUT2D eigenvalue weighted by Gasteiger charge is 2.22. The van der Waals surface area contributed by atoms with Gasteiger partial charge in [-0.1, -0.05) is 11.6 Å². The van der Waals surface area contributed by atoms with Crippen molar-refractivity contribution in [3.8, 4) is 0 Å². The predicted molar refractivity (Wildman–Crippen MR) is 58.8 cm³/mol. The van der Waals surface area contributed by atoms with Crippen LogP contribution < -0.4 is 10.5 Å². The average Bonchev–Trinajstić information content (AvgIpc) is 2.20. The van der Waals surface area contributed by atoms with Crippen LogP contribution in [0.5, 0.6) is 0 Å². The van der Waals surface area contributed by atoms with Crippen molar-refractivity contribution in [3.05, 3.63) is 27.3 Å². The fourth-order valence-corrected chi connectivity index (χ4v) is 2.20. The van der Waals surface area contributed by atoms with Crippen molar-refractivity contribution in [3.63, 3.8) is 0 Å². The first-order valence-corrected chi connectivity index (χ1v) is 5.82. The Morgan fingerprint density at radius 1 is 1.50 bits per heavy atom. The normalized spacial score (nSPS) is 11.4. The van der Waals surface area contributed by atoms with Gasteiger partial charge < -0.3 is 5.73 Å². The number of nitrogen functional groups attached to an aromatic ring is 1. The van der Waals surface area contributed by atoms with E-state index in [2.05, 4.69) is 0 Å². The molecule has 0 saturated carbocycles. The van der Waals surface area contributed by atoms with Crippen LogP contribution in [-0.2, 0) is 10.0 Å². The first-order valence-electron chi connectivity index (χ1n) is 3.96. The molecule has 0 saturated heterocycles. The number of rotatable bonds is 3. The Balaban J connectivity index is 3.49. The lowest BCUT2D eigenvalue weighted by Gasteiger charge is -2.06. The van der Waals surface area contributed by atoms with Crippen LogP contribution in [-0.4, -0.2) is 20.4 Å². The van der Waals surface area contributed by atoms with E-state index in [1.54, 1.807) is 0 Å². The Labute approximate surface area is 96.4 Å². The summed E-state index contributed by atoms with van der Waals surface area (Å²) in [6, 6.07) is 1.85. The number of hydrogen-bond donors (Lipinski definition) is 2. The third kappa shape index (κ3) is 2.23. The molecule has 88 valence electrons. The molecule has 1 rings (SSSR count). The summed E-state index contributed by atoms with van der Waals surface area (Å²) in [5.74, 6) is 0. The Bertz CT molecular complexity index is 543. The highest BCUT2D eigenvalue weighted by molar-refractivity contribution is 7.89. The molecule has 0 fully saturated rings. The van der Waals surface area contributed by atoms with Crippen LogP contribution in [0.1, 0.15) is 0 Å². The standard InChI is InChI=1S/C7H8ClN3O4S/c1-10-16(14,15)7-2-4(8)6(11(12)13)3-5(7)9/h2-3,10H,9H2,1H3. The van der Waals surface area contributed by atoms with E-state index >= 15 is 0 Å². The van der Waals surface area contributed by atoms with Gasteiger partial charge in [0.25, 0.3) is 5.69 Å². The van der Waals surface area contributed by atoms with Gasteiger partial charge in [-0.05, 0) is 13.1 Å². The summed E-state index contributed by atoms with van der Waals surface area (Å²) in [5.41, 5.74) is 4.74. The van der Waals surface area contributed by atoms with Crippen LogP contribution in [0.15, 0.2) is 17.0 Å². The number of nitrogens with zero attached hydrogens (tertiary/aromatic N) is 1. The summed E-state index contributed by atoms with van der Waals surface area (Å²) < 4.78 is 24.9. The minimum Gasteiger partial charge on any atom is -0.397 e. The summed E-state index contributed by atoms with van der Waals surface area (Å²) in [6.07, 6.45) is 0. The van der Waals surface area contributed by atoms with Gasteiger partial charge in [-0.15, -0.1) is 0 Å². The number of benzene rings is 1. The molecule has 3 N–H and O–H groups in total. The molecule has 0 aromatic heterocycles. The van der Waals surface area contributed by atoms with Gasteiger partial charge in [0.1, 0.15) is 9.92 Å². The third-order valence-corrected chi connectivity index (χ3v) is 3.61. The quantitative estimate of drug-likeness (QED) is 0.475. The van der Waals surface area contributed by atoms with Gasteiger partial charge in [0, 0.05) is 6.07 Å². The van der Waals surface area contributed by atoms with Gasteiger partial charge in [-0.25, -0.2) is 13.1 Å². The number of nitrogens with one attached hydrogen (secondary N) is 1. The smallest absolute Gasteiger partial charge is 0.290 e. The molecule has 0 bridgehead atoms. The van der Waals surface area contributed by atoms with Gasteiger partial charge in [0.15, 0.2) is 0 Å². The molecular formula is C7H8ClN3O4S. The summed E-state index contributed by atoms with van der Waals surface area (Å²) in [5, 5.41) is 10.2. The Morgan fingerprint density at radius 2 is 2.06 bits per heavy atom. The van der Waals surface area contributed by atoms with E-state index in [9.17, 15) is 18.5 Å². The maximum atomic E-state index is 11.4. The molecule has 9 heteroatoms. The summed E-state index contributed by atoms with van der Waals surface area (Å²) in [7, 11) is -2.58. The molecule has 0 atom stereocenters. The second-order valence-electron chi connectivity index (χ2n) is 2.81. The zero-order valence-electron chi connectivity index (χ0n) is 8.10. The summed E-state index contributed by atoms with van der Waals surface area (Å²) >= 11 is 5.57. The van der Waals surface area contributed by atoms with Gasteiger partial charge in [0.05, 0.1) is 10.6 Å². The minimum atomic E-state index is -3.78. The van der Waals surface area contributed by atoms with Crippen LogP contribution in [0.3, 0.4) is 0 Å². The lowest BCUT2D eigenvalue weighted by Crippen LogP contribution is -2.20. The van der Waals surface area contributed by atoms with E-state index in [-0.39, 0.29) is 15.6 Å². The number of nitro groups is 1. The van der Waals surface area contributed by atoms with Gasteiger partial charge >= 0.3 is 0 Å². The van der Waals surface area contributed by atoms with Crippen LogP contribution in [0.25, 0.3) is 0 Å². The minimum absolute atomic E-state index is 0.231. The van der Waals surface area contributed by atoms with Crippen molar-refractivity contribution in [2.24, 2.45) is 0 Å². The van der Waals surface area contributed by atoms with Crippen LogP contribution >= 0.6 is 11.6 Å². The maximum Gasteiger partial charge on any atom is 0.290 e. The molecule has 1 aromatic rings. The Kier molecular flexibility index (Phi) is 3.36. The van der Waals surface area contributed by atoms with Crippen molar-refractivity contribution in [1.82, 2.24) is 4.72 Å². The maximum absolute atomic E-state index is 11.4. The first-order chi connectivity index (χ1) is 7.29. The molecule has 0 spiro atoms. The molecule has 0 aliphatic carbocycles. The van der Waals surface area contributed by atoms with Gasteiger partial charge in [0.2, 0.25) is 10.0 Å². The van der Waals surface area contributed by atoms with Crippen molar-refractivity contribution < 1.29 is 13.3 Å². The molecule has 0 radical (unpaired) electrons. The molecule has 0 heterocycles. The molecule has 1 aromatic carbocycles. The number of hydrogen-bond acceptors (Lipinski definition) is 5. The van der Waals surface area contributed by atoms with E-state index in [0.717, 1.165) is 12.1 Å². The van der Waals surface area contributed by atoms with E-state index in [4.69, 9.17) is 17.3 Å². The van der Waals surface area contributed by atoms with Crippen molar-refractivity contribution in [2.45, 2.75) is 4.90 Å². The molecule has 0 amide bonds. The molecule has 0 unspecified atom stereocenters. The SMILES string of the molecule is CNS(=O)(=O)c1cc(Cl)c([N+](=O)[O-])cc1N. The second kappa shape index (κ2) is 4.24. The highest BCUT2D eigenvalue weighted by Crippen LogP contribution is 2.31. The molecule has 16 heavy (non-hydrogen) atoms. The number of halogens is 1. The highest BCUT2D eigenvalue weighted by atomic mass is 35.5. The lowest BCUT2D eigenvalue weighted by atomic mass is 10.3. The topological polar surface area (TPSA) is 115 Å². The van der Waals surface area contributed by atoms with Gasteiger partial charge in [-0.2, -0.15) is 0 Å². The molecule has 7 nitrogen and oxygen atoms in total. The Hall–Kier alpha value is -1.38.